The van der Waals surface area contributed by atoms with Crippen LogP contribution in [0.5, 0.6) is 0 Å². The second kappa shape index (κ2) is 8.12. The van der Waals surface area contributed by atoms with Gasteiger partial charge in [-0.05, 0) is 12.1 Å². The van der Waals surface area contributed by atoms with Gasteiger partial charge in [-0.25, -0.2) is 17.9 Å². The molecule has 1 aliphatic rings. The van der Waals surface area contributed by atoms with Gasteiger partial charge in [-0.1, -0.05) is 0 Å². The van der Waals surface area contributed by atoms with Crippen LogP contribution in [0.1, 0.15) is 0 Å². The number of nitrogens with zero attached hydrogens (tertiary/aromatic N) is 1. The Hall–Kier alpha value is -2.36. The maximum atomic E-state index is 12.1. The average Bonchev–Trinajstić information content (AvgIpc) is 2.61. The summed E-state index contributed by atoms with van der Waals surface area (Å²) < 4.78 is 30.6. The number of rotatable bonds is 5. The van der Waals surface area contributed by atoms with Crippen LogP contribution in [0, 0.1) is 10.1 Å². The normalized spacial score (nSPS) is 28.4. The Kier molecular flexibility index (Phi) is 6.30. The number of hydrogen-bond donors (Lipinski definition) is 6. The molecule has 27 heavy (non-hydrogen) atoms. The molecule has 0 spiro atoms. The number of hydrogen-bond acceptors (Lipinski definition) is 10. The highest BCUT2D eigenvalue weighted by Crippen LogP contribution is 2.20. The molecule has 1 aliphatic heterocycles. The van der Waals surface area contributed by atoms with Crippen LogP contribution in [0.4, 0.5) is 10.5 Å². The highest BCUT2D eigenvalue weighted by atomic mass is 32.2. The third-order valence-corrected chi connectivity index (χ3v) is 5.13. The van der Waals surface area contributed by atoms with Gasteiger partial charge in [-0.15, -0.1) is 0 Å². The summed E-state index contributed by atoms with van der Waals surface area (Å²) >= 11 is 0. The van der Waals surface area contributed by atoms with Crippen LogP contribution < -0.4 is 10.0 Å². The van der Waals surface area contributed by atoms with Gasteiger partial charge in [0.25, 0.3) is 15.7 Å². The topological polar surface area (TPSA) is 209 Å². The van der Waals surface area contributed by atoms with E-state index in [1.165, 1.54) is 0 Å². The van der Waals surface area contributed by atoms with E-state index in [9.17, 15) is 38.6 Å². The molecule has 14 heteroatoms. The molecule has 0 saturated carbocycles. The number of amides is 2. The molecule has 2 amide bonds. The smallest absolute Gasteiger partial charge is 0.329 e. The predicted octanol–water partition coefficient (Wildman–Crippen LogP) is -2.62. The first-order valence-corrected chi connectivity index (χ1v) is 8.93. The number of benzene rings is 1. The van der Waals surface area contributed by atoms with Crippen molar-refractivity contribution in [2.24, 2.45) is 0 Å². The Morgan fingerprint density at radius 1 is 1.19 bits per heavy atom. The molecule has 1 saturated heterocycles. The molecule has 0 radical (unpaired) electrons. The van der Waals surface area contributed by atoms with Crippen LogP contribution in [0.2, 0.25) is 0 Å². The monoisotopic (exact) mass is 407 g/mol. The van der Waals surface area contributed by atoms with Crippen molar-refractivity contribution >= 4 is 21.7 Å². The molecule has 2 rings (SSSR count). The van der Waals surface area contributed by atoms with Gasteiger partial charge in [0, 0.05) is 12.1 Å². The van der Waals surface area contributed by atoms with E-state index in [2.05, 4.69) is 0 Å². The second-order valence-electron chi connectivity index (χ2n) is 5.58. The van der Waals surface area contributed by atoms with Crippen molar-refractivity contribution < 1.29 is 43.3 Å². The first-order chi connectivity index (χ1) is 12.6. The van der Waals surface area contributed by atoms with Crippen LogP contribution in [0.25, 0.3) is 0 Å². The Morgan fingerprint density at radius 3 is 2.30 bits per heavy atom. The van der Waals surface area contributed by atoms with Crippen molar-refractivity contribution in [2.45, 2.75) is 35.5 Å². The highest BCUT2D eigenvalue weighted by molar-refractivity contribution is 7.90. The van der Waals surface area contributed by atoms with E-state index in [4.69, 9.17) is 9.84 Å². The van der Waals surface area contributed by atoms with Gasteiger partial charge in [-0.3, -0.25) is 10.1 Å². The summed E-state index contributed by atoms with van der Waals surface area (Å²) in [5.74, 6) is 0. The summed E-state index contributed by atoms with van der Waals surface area (Å²) in [5, 5.41) is 50.9. The fourth-order valence-electron chi connectivity index (χ4n) is 2.36. The number of nitrogens with one attached hydrogen (secondary N) is 2. The second-order valence-corrected chi connectivity index (χ2v) is 7.27. The number of sulfonamides is 1. The van der Waals surface area contributed by atoms with E-state index >= 15 is 0 Å². The number of urea groups is 1. The number of carbonyl (C=O) groups excluding carboxylic acids is 1. The van der Waals surface area contributed by atoms with Gasteiger partial charge in [0.2, 0.25) is 0 Å². The van der Waals surface area contributed by atoms with Crippen molar-refractivity contribution in [1.82, 2.24) is 10.0 Å². The zero-order valence-electron chi connectivity index (χ0n) is 13.5. The third kappa shape index (κ3) is 4.68. The number of aliphatic hydroxyl groups is 4. The molecule has 0 bridgehead atoms. The number of aliphatic hydroxyl groups excluding tert-OH is 4. The van der Waals surface area contributed by atoms with Crippen LogP contribution in [-0.2, 0) is 14.8 Å². The molecular weight excluding hydrogens is 390 g/mol. The molecule has 6 N–H and O–H groups in total. The van der Waals surface area contributed by atoms with Crippen LogP contribution >= 0.6 is 0 Å². The third-order valence-electron chi connectivity index (χ3n) is 3.78. The number of ether oxygens (including phenoxy) is 1. The van der Waals surface area contributed by atoms with Crippen molar-refractivity contribution in [3.05, 3.63) is 34.4 Å². The summed E-state index contributed by atoms with van der Waals surface area (Å²) in [6.45, 7) is -0.706. The number of nitro groups is 1. The fourth-order valence-corrected chi connectivity index (χ4v) is 3.28. The van der Waals surface area contributed by atoms with Gasteiger partial charge >= 0.3 is 6.03 Å². The lowest BCUT2D eigenvalue weighted by Crippen LogP contribution is -2.65. The zero-order chi connectivity index (χ0) is 20.4. The van der Waals surface area contributed by atoms with E-state index in [1.807, 2.05) is 5.32 Å². The Labute approximate surface area is 152 Å². The van der Waals surface area contributed by atoms with Crippen molar-refractivity contribution in [3.63, 3.8) is 0 Å². The van der Waals surface area contributed by atoms with Crippen molar-refractivity contribution in [1.29, 1.82) is 0 Å². The van der Waals surface area contributed by atoms with E-state index in [0.717, 1.165) is 24.3 Å². The Balaban J connectivity index is 2.06. The van der Waals surface area contributed by atoms with Gasteiger partial charge in [0.05, 0.1) is 16.4 Å². The summed E-state index contributed by atoms with van der Waals surface area (Å²) in [5.41, 5.74) is -0.351. The SMILES string of the molecule is O=C(NC1C(O)OC(CO)C(O)C1O)NS(=O)(=O)c1ccc([N+](=O)[O-])cc1. The molecule has 1 heterocycles. The molecule has 0 aromatic heterocycles. The lowest BCUT2D eigenvalue weighted by Gasteiger charge is -2.40. The molecule has 1 aromatic rings. The summed E-state index contributed by atoms with van der Waals surface area (Å²) in [7, 11) is -4.41. The predicted molar refractivity (Wildman–Crippen MR) is 85.7 cm³/mol. The Morgan fingerprint density at radius 2 is 1.78 bits per heavy atom. The first kappa shape index (κ1) is 20.9. The van der Waals surface area contributed by atoms with Crippen LogP contribution in [0.3, 0.4) is 0 Å². The minimum absolute atomic E-state index is 0.351. The maximum absolute atomic E-state index is 12.1. The minimum Gasteiger partial charge on any atom is -0.394 e. The van der Waals surface area contributed by atoms with Gasteiger partial charge in [-0.2, -0.15) is 0 Å². The zero-order valence-corrected chi connectivity index (χ0v) is 14.3. The number of nitro benzene ring substituents is 1. The molecule has 13 nitrogen and oxygen atoms in total. The van der Waals surface area contributed by atoms with Gasteiger partial charge in [0.15, 0.2) is 6.29 Å². The number of carbonyl (C=O) groups is 1. The standard InChI is InChI=1S/C13H17N3O10S/c17-5-8-10(18)11(19)9(12(20)26-8)14-13(21)15-27(24,25)7-3-1-6(2-4-7)16(22)23/h1-4,8-12,17-20H,5H2,(H2,14,15,21). The van der Waals surface area contributed by atoms with E-state index in [1.54, 1.807) is 4.72 Å². The molecule has 5 unspecified atom stereocenters. The molecule has 1 aromatic carbocycles. The summed E-state index contributed by atoms with van der Waals surface area (Å²) in [6, 6.07) is 0.748. The molecule has 1 fully saturated rings. The van der Waals surface area contributed by atoms with Gasteiger partial charge < -0.3 is 30.5 Å². The lowest BCUT2D eigenvalue weighted by molar-refractivity contribution is -0.384. The summed E-state index contributed by atoms with van der Waals surface area (Å²) in [4.78, 5) is 21.3. The first-order valence-electron chi connectivity index (χ1n) is 7.45. The maximum Gasteiger partial charge on any atom is 0.329 e. The summed E-state index contributed by atoms with van der Waals surface area (Å²) in [6.07, 6.45) is -6.51. The van der Waals surface area contributed by atoms with Crippen molar-refractivity contribution in [2.75, 3.05) is 6.61 Å². The highest BCUT2D eigenvalue weighted by Gasteiger charge is 2.44. The van der Waals surface area contributed by atoms with E-state index in [0.29, 0.717) is 0 Å². The molecule has 5 atom stereocenters. The minimum atomic E-state index is -4.41. The largest absolute Gasteiger partial charge is 0.394 e. The lowest BCUT2D eigenvalue weighted by atomic mass is 9.97. The van der Waals surface area contributed by atoms with Crippen LogP contribution in [0.15, 0.2) is 29.2 Å². The molecular formula is C13H17N3O10S. The van der Waals surface area contributed by atoms with Crippen LogP contribution in [-0.4, -0.2) is 77.0 Å². The van der Waals surface area contributed by atoms with E-state index < -0.39 is 63.1 Å². The average molecular weight is 407 g/mol. The number of non-ortho nitro benzene ring substituents is 1. The quantitative estimate of drug-likeness (QED) is 0.221. The van der Waals surface area contributed by atoms with Crippen molar-refractivity contribution in [3.8, 4) is 0 Å². The molecule has 150 valence electrons. The fraction of sp³-hybridized carbons (Fsp3) is 0.462. The Bertz CT molecular complexity index is 799. The van der Waals surface area contributed by atoms with Gasteiger partial charge in [0.1, 0.15) is 24.4 Å². The molecule has 0 aliphatic carbocycles. The van der Waals surface area contributed by atoms with E-state index in [-0.39, 0.29) is 5.69 Å².